The molecule has 2 aliphatic rings. The number of nitrogens with zero attached hydrogens (tertiary/aromatic N) is 1. The van der Waals surface area contributed by atoms with Gasteiger partial charge in [-0.15, -0.1) is 0 Å². The summed E-state index contributed by atoms with van der Waals surface area (Å²) in [4.78, 5) is 5.26. The molecule has 0 bridgehead atoms. The predicted molar refractivity (Wildman–Crippen MR) is 71.1 cm³/mol. The first-order valence-electron chi connectivity index (χ1n) is 5.45. The molecule has 0 saturated heterocycles. The topological polar surface area (TPSA) is 21.6 Å². The van der Waals surface area contributed by atoms with Crippen LogP contribution in [-0.4, -0.2) is 9.82 Å². The molecule has 0 aromatic rings. The molecule has 3 heteroatoms. The lowest BCUT2D eigenvalue weighted by atomic mass is 9.90. The summed E-state index contributed by atoms with van der Waals surface area (Å²) in [6, 6.07) is 0. The molecule has 0 fully saturated rings. The first kappa shape index (κ1) is 11.2. The summed E-state index contributed by atoms with van der Waals surface area (Å²) in [7, 11) is 0. The number of rotatable bonds is 3. The number of allylic oxidation sites excluding steroid dienone is 4. The Morgan fingerprint density at radius 3 is 2.93 bits per heavy atom. The smallest absolute Gasteiger partial charge is 0.185 e. The van der Waals surface area contributed by atoms with E-state index in [9.17, 15) is 0 Å². The van der Waals surface area contributed by atoms with Gasteiger partial charge in [0.15, 0.2) is 4.11 Å². The average Bonchev–Trinajstić information content (AvgIpc) is 2.58. The maximum absolute atomic E-state index is 5.26. The van der Waals surface area contributed by atoms with E-state index in [0.717, 1.165) is 5.71 Å². The minimum atomic E-state index is 0.241. The van der Waals surface area contributed by atoms with Gasteiger partial charge < -0.3 is 4.84 Å². The van der Waals surface area contributed by atoms with Crippen LogP contribution in [0.2, 0.25) is 0 Å². The Balaban J connectivity index is 1.80. The lowest BCUT2D eigenvalue weighted by Crippen LogP contribution is -2.17. The van der Waals surface area contributed by atoms with Crippen molar-refractivity contribution in [2.75, 3.05) is 0 Å². The maximum Gasteiger partial charge on any atom is 0.185 e. The number of halogens is 1. The molecule has 0 amide bonds. The molecule has 1 aliphatic carbocycles. The second-order valence-corrected chi connectivity index (χ2v) is 5.41. The average molecular weight is 317 g/mol. The Kier molecular flexibility index (Phi) is 3.83. The molecule has 0 saturated carbocycles. The van der Waals surface area contributed by atoms with E-state index in [4.69, 9.17) is 4.84 Å². The highest BCUT2D eigenvalue weighted by atomic mass is 127. The van der Waals surface area contributed by atoms with Crippen LogP contribution in [0.4, 0.5) is 0 Å². The molecule has 3 atom stereocenters. The van der Waals surface area contributed by atoms with E-state index in [1.165, 1.54) is 19.3 Å². The standard InChI is InChI=1S/C12H16INO/c1-9-11(12(13)15-14-9)8-7-10-5-3-2-4-6-10/h2-5,10-12H,6-8H2,1H3. The van der Waals surface area contributed by atoms with E-state index in [1.807, 2.05) is 0 Å². The van der Waals surface area contributed by atoms with Gasteiger partial charge in [-0.1, -0.05) is 29.5 Å². The zero-order valence-electron chi connectivity index (χ0n) is 8.90. The first-order chi connectivity index (χ1) is 7.27. The fraction of sp³-hybridized carbons (Fsp3) is 0.583. The van der Waals surface area contributed by atoms with Gasteiger partial charge in [-0.05, 0) is 54.7 Å². The van der Waals surface area contributed by atoms with Crippen LogP contribution in [0.1, 0.15) is 26.2 Å². The predicted octanol–water partition coefficient (Wildman–Crippen LogP) is 3.68. The van der Waals surface area contributed by atoms with Crippen LogP contribution in [0.15, 0.2) is 29.5 Å². The van der Waals surface area contributed by atoms with Gasteiger partial charge in [-0.3, -0.25) is 0 Å². The largest absolute Gasteiger partial charge is 0.381 e. The third-order valence-corrected chi connectivity index (χ3v) is 4.16. The monoisotopic (exact) mass is 317 g/mol. The van der Waals surface area contributed by atoms with E-state index in [-0.39, 0.29) is 4.11 Å². The summed E-state index contributed by atoms with van der Waals surface area (Å²) in [5.41, 5.74) is 1.16. The second kappa shape index (κ2) is 5.14. The minimum absolute atomic E-state index is 0.241. The van der Waals surface area contributed by atoms with Crippen LogP contribution < -0.4 is 0 Å². The Morgan fingerprint density at radius 2 is 2.33 bits per heavy atom. The summed E-state index contributed by atoms with van der Waals surface area (Å²) in [6.07, 6.45) is 12.5. The molecule has 2 rings (SSSR count). The van der Waals surface area contributed by atoms with Crippen molar-refractivity contribution in [2.45, 2.75) is 30.3 Å². The highest BCUT2D eigenvalue weighted by Crippen LogP contribution is 2.30. The molecule has 0 spiro atoms. The zero-order chi connectivity index (χ0) is 10.7. The molecule has 1 aliphatic heterocycles. The van der Waals surface area contributed by atoms with Gasteiger partial charge in [-0.2, -0.15) is 0 Å². The van der Waals surface area contributed by atoms with Gasteiger partial charge in [0.05, 0.1) is 5.71 Å². The van der Waals surface area contributed by atoms with Crippen molar-refractivity contribution in [1.82, 2.24) is 0 Å². The summed E-state index contributed by atoms with van der Waals surface area (Å²) in [6.45, 7) is 2.07. The molecule has 0 radical (unpaired) electrons. The summed E-state index contributed by atoms with van der Waals surface area (Å²) >= 11 is 2.33. The van der Waals surface area contributed by atoms with Gasteiger partial charge in [0.2, 0.25) is 0 Å². The third-order valence-electron chi connectivity index (χ3n) is 3.07. The number of hydrogen-bond acceptors (Lipinski definition) is 2. The fourth-order valence-electron chi connectivity index (χ4n) is 2.04. The molecular weight excluding hydrogens is 301 g/mol. The molecule has 0 N–H and O–H groups in total. The molecule has 0 aromatic carbocycles. The molecule has 0 aromatic heterocycles. The maximum atomic E-state index is 5.26. The summed E-state index contributed by atoms with van der Waals surface area (Å²) in [5, 5.41) is 4.04. The Labute approximate surface area is 105 Å². The fourth-order valence-corrected chi connectivity index (χ4v) is 3.04. The molecule has 3 unspecified atom stereocenters. The second-order valence-electron chi connectivity index (χ2n) is 4.18. The summed E-state index contributed by atoms with van der Waals surface area (Å²) in [5.74, 6) is 1.23. The van der Waals surface area contributed by atoms with Crippen LogP contribution in [0.3, 0.4) is 0 Å². The van der Waals surface area contributed by atoms with Crippen molar-refractivity contribution in [3.05, 3.63) is 24.3 Å². The number of hydrogen-bond donors (Lipinski definition) is 0. The van der Waals surface area contributed by atoms with Crippen LogP contribution in [0, 0.1) is 11.8 Å². The lowest BCUT2D eigenvalue weighted by Gasteiger charge is -2.17. The van der Waals surface area contributed by atoms with Gasteiger partial charge in [-0.25, -0.2) is 0 Å². The van der Waals surface area contributed by atoms with Crippen LogP contribution in [-0.2, 0) is 4.84 Å². The quantitative estimate of drug-likeness (QED) is 0.575. The first-order valence-corrected chi connectivity index (χ1v) is 6.69. The Hall–Kier alpha value is -0.320. The lowest BCUT2D eigenvalue weighted by molar-refractivity contribution is 0.136. The van der Waals surface area contributed by atoms with E-state index >= 15 is 0 Å². The van der Waals surface area contributed by atoms with E-state index < -0.39 is 0 Å². The number of oxime groups is 1. The molecular formula is C12H16INO. The van der Waals surface area contributed by atoms with Crippen molar-refractivity contribution in [3.63, 3.8) is 0 Å². The van der Waals surface area contributed by atoms with E-state index in [0.29, 0.717) is 11.8 Å². The normalized spacial score (nSPS) is 34.0. The number of alkyl halides is 1. The van der Waals surface area contributed by atoms with Gasteiger partial charge in [0.1, 0.15) is 0 Å². The van der Waals surface area contributed by atoms with Crippen molar-refractivity contribution in [1.29, 1.82) is 0 Å². The molecule has 15 heavy (non-hydrogen) atoms. The minimum Gasteiger partial charge on any atom is -0.381 e. The zero-order valence-corrected chi connectivity index (χ0v) is 11.1. The van der Waals surface area contributed by atoms with Crippen molar-refractivity contribution >= 4 is 28.3 Å². The molecule has 1 heterocycles. The summed E-state index contributed by atoms with van der Waals surface area (Å²) < 4.78 is 0.241. The van der Waals surface area contributed by atoms with Gasteiger partial charge >= 0.3 is 0 Å². The third kappa shape index (κ3) is 2.83. The molecule has 82 valence electrons. The highest BCUT2D eigenvalue weighted by Gasteiger charge is 2.29. The van der Waals surface area contributed by atoms with Crippen molar-refractivity contribution in [2.24, 2.45) is 17.0 Å². The van der Waals surface area contributed by atoms with Crippen LogP contribution in [0.5, 0.6) is 0 Å². The van der Waals surface area contributed by atoms with Crippen molar-refractivity contribution < 1.29 is 4.84 Å². The van der Waals surface area contributed by atoms with Crippen molar-refractivity contribution in [3.8, 4) is 0 Å². The molecule has 2 nitrogen and oxygen atoms in total. The highest BCUT2D eigenvalue weighted by molar-refractivity contribution is 14.1. The Bertz CT molecular complexity index is 309. The van der Waals surface area contributed by atoms with Crippen LogP contribution in [0.25, 0.3) is 0 Å². The van der Waals surface area contributed by atoms with Crippen LogP contribution >= 0.6 is 22.6 Å². The Morgan fingerprint density at radius 1 is 1.47 bits per heavy atom. The SMILES string of the molecule is CC1=NOC(I)C1CCC1C=CC=CC1. The van der Waals surface area contributed by atoms with Gasteiger partial charge in [0.25, 0.3) is 0 Å². The van der Waals surface area contributed by atoms with E-state index in [2.05, 4.69) is 59.0 Å². The van der Waals surface area contributed by atoms with Gasteiger partial charge in [0, 0.05) is 5.92 Å². The van der Waals surface area contributed by atoms with E-state index in [1.54, 1.807) is 0 Å².